The van der Waals surface area contributed by atoms with Crippen LogP contribution in [0.3, 0.4) is 0 Å². The molecule has 0 radical (unpaired) electrons. The number of hydrogen-bond acceptors (Lipinski definition) is 8. The Morgan fingerprint density at radius 1 is 1.10 bits per heavy atom. The second-order valence-corrected chi connectivity index (χ2v) is 10.7. The number of nitrogens with one attached hydrogen (secondary N) is 1. The molecule has 2 heterocycles. The molecule has 0 saturated heterocycles. The van der Waals surface area contributed by atoms with Crippen LogP contribution in [0.5, 0.6) is 5.75 Å². The Bertz CT molecular complexity index is 1510. The lowest BCUT2D eigenvalue weighted by Crippen LogP contribution is -2.16. The molecule has 4 aromatic rings. The summed E-state index contributed by atoms with van der Waals surface area (Å²) in [6.07, 6.45) is 1.74. The molecular weight excluding hydrogens is 532 g/mol. The molecule has 1 amide bonds. The van der Waals surface area contributed by atoms with Gasteiger partial charge in [-0.05, 0) is 43.5 Å². The van der Waals surface area contributed by atoms with Crippen molar-refractivity contribution in [1.82, 2.24) is 14.8 Å². The molecule has 10 heteroatoms. The highest BCUT2D eigenvalue weighted by Crippen LogP contribution is 2.38. The summed E-state index contributed by atoms with van der Waals surface area (Å²) in [6, 6.07) is 13.8. The van der Waals surface area contributed by atoms with E-state index < -0.39 is 5.97 Å². The topological polar surface area (TPSA) is 95.3 Å². The number of carbonyl (C=O) groups excluding carboxylic acids is 2. The summed E-state index contributed by atoms with van der Waals surface area (Å²) < 4.78 is 12.9. The van der Waals surface area contributed by atoms with Gasteiger partial charge in [0.05, 0.1) is 12.9 Å². The van der Waals surface area contributed by atoms with Crippen LogP contribution in [0.15, 0.2) is 65.7 Å². The van der Waals surface area contributed by atoms with Crippen LogP contribution in [0.25, 0.3) is 11.1 Å². The summed E-state index contributed by atoms with van der Waals surface area (Å²) in [5.74, 6) is 0.706. The number of thiophene rings is 1. The van der Waals surface area contributed by atoms with E-state index in [1.807, 2.05) is 73.2 Å². The van der Waals surface area contributed by atoms with Crippen molar-refractivity contribution in [3.63, 3.8) is 0 Å². The van der Waals surface area contributed by atoms with Crippen LogP contribution in [0.4, 0.5) is 5.00 Å². The van der Waals surface area contributed by atoms with Gasteiger partial charge in [0.2, 0.25) is 5.91 Å². The minimum atomic E-state index is -0.501. The lowest BCUT2D eigenvalue weighted by Gasteiger charge is -2.11. The molecule has 2 aromatic carbocycles. The lowest BCUT2D eigenvalue weighted by atomic mass is 9.97. The van der Waals surface area contributed by atoms with Gasteiger partial charge in [0.15, 0.2) is 11.0 Å². The van der Waals surface area contributed by atoms with Crippen LogP contribution in [0.2, 0.25) is 0 Å². The molecule has 0 bridgehead atoms. The largest absolute Gasteiger partial charge is 0.485 e. The molecule has 1 N–H and O–H groups in total. The van der Waals surface area contributed by atoms with E-state index >= 15 is 0 Å². The predicted octanol–water partition coefficient (Wildman–Crippen LogP) is 6.21. The van der Waals surface area contributed by atoms with Crippen molar-refractivity contribution in [1.29, 1.82) is 0 Å². The Morgan fingerprint density at radius 3 is 2.64 bits per heavy atom. The van der Waals surface area contributed by atoms with Crippen LogP contribution >= 0.6 is 23.1 Å². The first-order valence-corrected chi connectivity index (χ1v) is 14.1. The van der Waals surface area contributed by atoms with Crippen molar-refractivity contribution in [2.45, 2.75) is 39.1 Å². The maximum absolute atomic E-state index is 13.0. The zero-order chi connectivity index (χ0) is 27.9. The highest BCUT2D eigenvalue weighted by molar-refractivity contribution is 7.99. The maximum atomic E-state index is 13.0. The molecule has 0 unspecified atom stereocenters. The van der Waals surface area contributed by atoms with Crippen molar-refractivity contribution in [3.05, 3.63) is 88.6 Å². The molecule has 0 saturated carbocycles. The number of anilines is 1. The van der Waals surface area contributed by atoms with Crippen molar-refractivity contribution in [2.75, 3.05) is 18.2 Å². The van der Waals surface area contributed by atoms with E-state index in [9.17, 15) is 9.59 Å². The lowest BCUT2D eigenvalue weighted by molar-refractivity contribution is -0.113. The highest BCUT2D eigenvalue weighted by Gasteiger charge is 2.24. The third-order valence-electron chi connectivity index (χ3n) is 6.00. The van der Waals surface area contributed by atoms with Gasteiger partial charge in [0.25, 0.3) is 0 Å². The van der Waals surface area contributed by atoms with Crippen LogP contribution in [-0.4, -0.2) is 39.5 Å². The molecule has 0 aliphatic heterocycles. The Labute approximate surface area is 236 Å². The van der Waals surface area contributed by atoms with Crippen molar-refractivity contribution < 1.29 is 19.1 Å². The average molecular weight is 563 g/mol. The molecule has 0 fully saturated rings. The van der Waals surface area contributed by atoms with Crippen LogP contribution < -0.4 is 10.1 Å². The van der Waals surface area contributed by atoms with Gasteiger partial charge < -0.3 is 14.8 Å². The molecule has 0 atom stereocenters. The smallest absolute Gasteiger partial charge is 0.341 e. The molecule has 0 spiro atoms. The molecule has 8 nitrogen and oxygen atoms in total. The van der Waals surface area contributed by atoms with Crippen molar-refractivity contribution >= 4 is 40.0 Å². The summed E-state index contributed by atoms with van der Waals surface area (Å²) in [5.41, 5.74) is 5.14. The standard InChI is InChI=1S/C29H30N4O4S2/c1-6-13-33-24(15-37-23-10-8-7-9-20(23)4)31-32-29(33)39-17-25(34)30-27-26(28(35)36-5)22(16-38-27)21-14-18(2)11-12-19(21)3/h6-12,14,16H,1,13,15,17H2,2-5H3,(H,30,34). The number of benzene rings is 2. The second-order valence-electron chi connectivity index (χ2n) is 8.85. The van der Waals surface area contributed by atoms with Gasteiger partial charge in [0.1, 0.15) is 22.9 Å². The first kappa shape index (κ1) is 28.1. The van der Waals surface area contributed by atoms with Crippen molar-refractivity contribution in [3.8, 4) is 16.9 Å². The minimum absolute atomic E-state index is 0.0746. The molecule has 0 aliphatic carbocycles. The second kappa shape index (κ2) is 12.8. The molecule has 2 aromatic heterocycles. The van der Waals surface area contributed by atoms with E-state index in [2.05, 4.69) is 22.1 Å². The first-order chi connectivity index (χ1) is 18.8. The molecule has 0 aliphatic rings. The summed E-state index contributed by atoms with van der Waals surface area (Å²) in [4.78, 5) is 25.7. The number of aromatic nitrogens is 3. The number of para-hydroxylation sites is 1. The molecular formula is C29H30N4O4S2. The van der Waals surface area contributed by atoms with E-state index in [1.54, 1.807) is 6.08 Å². The Balaban J connectivity index is 1.48. The number of ether oxygens (including phenoxy) is 2. The fraction of sp³-hybridized carbons (Fsp3) is 0.241. The SMILES string of the molecule is C=CCn1c(COc2ccccc2C)nnc1SCC(=O)Nc1scc(-c2cc(C)ccc2C)c1C(=O)OC. The predicted molar refractivity (Wildman–Crippen MR) is 156 cm³/mol. The summed E-state index contributed by atoms with van der Waals surface area (Å²) in [5, 5.41) is 14.3. The van der Waals surface area contributed by atoms with E-state index in [4.69, 9.17) is 9.47 Å². The average Bonchev–Trinajstić information content (AvgIpc) is 3.52. The highest BCUT2D eigenvalue weighted by atomic mass is 32.2. The van der Waals surface area contributed by atoms with Gasteiger partial charge >= 0.3 is 5.97 Å². The number of aryl methyl sites for hydroxylation is 3. The maximum Gasteiger partial charge on any atom is 0.341 e. The minimum Gasteiger partial charge on any atom is -0.485 e. The fourth-order valence-corrected chi connectivity index (χ4v) is 5.71. The fourth-order valence-electron chi connectivity index (χ4n) is 3.98. The van der Waals surface area contributed by atoms with Gasteiger partial charge in [-0.3, -0.25) is 9.36 Å². The number of esters is 1. The van der Waals surface area contributed by atoms with E-state index in [-0.39, 0.29) is 18.3 Å². The Morgan fingerprint density at radius 2 is 1.90 bits per heavy atom. The monoisotopic (exact) mass is 562 g/mol. The number of allylic oxidation sites excluding steroid dienone is 1. The van der Waals surface area contributed by atoms with Crippen molar-refractivity contribution in [2.24, 2.45) is 0 Å². The summed E-state index contributed by atoms with van der Waals surface area (Å²) in [6.45, 7) is 10.5. The number of methoxy groups -OCH3 is 1. The number of carbonyl (C=O) groups is 2. The Hall–Kier alpha value is -3.89. The molecule has 202 valence electrons. The van der Waals surface area contributed by atoms with Gasteiger partial charge in [-0.15, -0.1) is 28.1 Å². The number of nitrogens with zero attached hydrogens (tertiary/aromatic N) is 3. The van der Waals surface area contributed by atoms with Crippen LogP contribution in [-0.2, 0) is 22.7 Å². The zero-order valence-corrected chi connectivity index (χ0v) is 23.9. The quantitative estimate of drug-likeness (QED) is 0.132. The van der Waals surface area contributed by atoms with E-state index in [0.29, 0.717) is 28.1 Å². The summed E-state index contributed by atoms with van der Waals surface area (Å²) in [7, 11) is 1.33. The van der Waals surface area contributed by atoms with Crippen LogP contribution in [0.1, 0.15) is 32.9 Å². The third kappa shape index (κ3) is 6.58. The number of thioether (sulfide) groups is 1. The number of rotatable bonds is 11. The van der Waals surface area contributed by atoms with Gasteiger partial charge in [-0.25, -0.2) is 4.79 Å². The third-order valence-corrected chi connectivity index (χ3v) is 7.87. The molecule has 39 heavy (non-hydrogen) atoms. The zero-order valence-electron chi connectivity index (χ0n) is 22.3. The van der Waals surface area contributed by atoms with Crippen LogP contribution in [0, 0.1) is 20.8 Å². The van der Waals surface area contributed by atoms with Gasteiger partial charge in [-0.1, -0.05) is 59.8 Å². The number of hydrogen-bond donors (Lipinski definition) is 1. The normalized spacial score (nSPS) is 10.8. The first-order valence-electron chi connectivity index (χ1n) is 12.2. The molecule has 4 rings (SSSR count). The van der Waals surface area contributed by atoms with Gasteiger partial charge in [-0.2, -0.15) is 0 Å². The van der Waals surface area contributed by atoms with E-state index in [0.717, 1.165) is 33.6 Å². The van der Waals surface area contributed by atoms with E-state index in [1.165, 1.54) is 30.2 Å². The Kier molecular flexibility index (Phi) is 9.21. The number of amides is 1. The van der Waals surface area contributed by atoms with Gasteiger partial charge in [0, 0.05) is 17.5 Å². The summed E-state index contributed by atoms with van der Waals surface area (Å²) >= 11 is 2.55.